The average Bonchev–Trinajstić information content (AvgIpc) is 2.40. The molecule has 21 heavy (non-hydrogen) atoms. The third kappa shape index (κ3) is 4.31. The number of anilines is 2. The Morgan fingerprint density at radius 1 is 1.29 bits per heavy atom. The van der Waals surface area contributed by atoms with Crippen molar-refractivity contribution in [2.75, 3.05) is 21.7 Å². The van der Waals surface area contributed by atoms with E-state index in [4.69, 9.17) is 11.6 Å². The predicted octanol–water partition coefficient (Wildman–Crippen LogP) is 2.47. The van der Waals surface area contributed by atoms with E-state index in [9.17, 15) is 17.6 Å². The Morgan fingerprint density at radius 2 is 2.05 bits per heavy atom. The molecule has 1 heterocycles. The van der Waals surface area contributed by atoms with Crippen molar-refractivity contribution in [1.29, 1.82) is 0 Å². The van der Waals surface area contributed by atoms with Gasteiger partial charge in [-0.3, -0.25) is 9.52 Å². The highest BCUT2D eigenvalue weighted by Crippen LogP contribution is 2.29. The molecular weight excluding hydrogens is 319 g/mol. The van der Waals surface area contributed by atoms with Crippen LogP contribution in [0, 0.1) is 5.82 Å². The summed E-state index contributed by atoms with van der Waals surface area (Å²) in [5.41, 5.74) is 0.963. The summed E-state index contributed by atoms with van der Waals surface area (Å²) in [6, 6.07) is 2.58. The van der Waals surface area contributed by atoms with Crippen LogP contribution in [-0.2, 0) is 21.2 Å². The van der Waals surface area contributed by atoms with Gasteiger partial charge in [0, 0.05) is 18.0 Å². The molecule has 2 N–H and O–H groups in total. The number of carbonyl (C=O) groups excluding carboxylic acids is 1. The van der Waals surface area contributed by atoms with Gasteiger partial charge in [-0.05, 0) is 37.0 Å². The summed E-state index contributed by atoms with van der Waals surface area (Å²) in [4.78, 5) is 11.3. The maximum Gasteiger partial charge on any atom is 0.232 e. The molecule has 8 heteroatoms. The van der Waals surface area contributed by atoms with E-state index in [0.717, 1.165) is 0 Å². The fourth-order valence-electron chi connectivity index (χ4n) is 2.08. The van der Waals surface area contributed by atoms with E-state index in [2.05, 4.69) is 10.0 Å². The molecule has 0 fully saturated rings. The summed E-state index contributed by atoms with van der Waals surface area (Å²) < 4.78 is 39.8. The molecule has 5 nitrogen and oxygen atoms in total. The number of rotatable bonds is 6. The standard InChI is InChI=1S/C13H16ClFN2O3S/c14-5-1-2-6-21(19,20)17-12-8-11-9(7-10(12)15)3-4-13(18)16-11/h7-8,17H,1-6H2,(H,16,18). The Kier molecular flexibility index (Phi) is 5.05. The van der Waals surface area contributed by atoms with Crippen LogP contribution < -0.4 is 10.0 Å². The van der Waals surface area contributed by atoms with Crippen LogP contribution >= 0.6 is 11.6 Å². The zero-order chi connectivity index (χ0) is 15.5. The minimum Gasteiger partial charge on any atom is -0.326 e. The van der Waals surface area contributed by atoms with Gasteiger partial charge >= 0.3 is 0 Å². The van der Waals surface area contributed by atoms with Crippen molar-refractivity contribution in [1.82, 2.24) is 0 Å². The maximum atomic E-state index is 13.9. The quantitative estimate of drug-likeness (QED) is 0.620. The topological polar surface area (TPSA) is 75.3 Å². The molecule has 0 spiro atoms. The van der Waals surface area contributed by atoms with Crippen LogP contribution in [0.25, 0.3) is 0 Å². The Bertz CT molecular complexity index is 649. The zero-order valence-corrected chi connectivity index (χ0v) is 12.9. The van der Waals surface area contributed by atoms with Crippen LogP contribution in [0.15, 0.2) is 12.1 Å². The molecular formula is C13H16ClFN2O3S. The summed E-state index contributed by atoms with van der Waals surface area (Å²) in [7, 11) is -3.63. The maximum absolute atomic E-state index is 13.9. The van der Waals surface area contributed by atoms with Gasteiger partial charge in [-0.25, -0.2) is 12.8 Å². The van der Waals surface area contributed by atoms with Crippen molar-refractivity contribution in [3.63, 3.8) is 0 Å². The van der Waals surface area contributed by atoms with Crippen molar-refractivity contribution in [3.8, 4) is 0 Å². The molecule has 116 valence electrons. The highest BCUT2D eigenvalue weighted by molar-refractivity contribution is 7.92. The Morgan fingerprint density at radius 3 is 2.76 bits per heavy atom. The van der Waals surface area contributed by atoms with E-state index >= 15 is 0 Å². The fourth-order valence-corrected chi connectivity index (χ4v) is 3.45. The molecule has 0 unspecified atom stereocenters. The van der Waals surface area contributed by atoms with Gasteiger partial charge in [0.15, 0.2) is 0 Å². The van der Waals surface area contributed by atoms with Crippen molar-refractivity contribution in [2.45, 2.75) is 25.7 Å². The van der Waals surface area contributed by atoms with E-state index < -0.39 is 15.8 Å². The first-order valence-electron chi connectivity index (χ1n) is 6.60. The minimum absolute atomic E-state index is 0.122. The Labute approximate surface area is 127 Å². The van der Waals surface area contributed by atoms with Gasteiger partial charge in [-0.15, -0.1) is 11.6 Å². The van der Waals surface area contributed by atoms with Crippen molar-refractivity contribution in [2.24, 2.45) is 0 Å². The lowest BCUT2D eigenvalue weighted by Crippen LogP contribution is -2.21. The van der Waals surface area contributed by atoms with Gasteiger partial charge in [0.2, 0.25) is 15.9 Å². The Balaban J connectivity index is 2.17. The first kappa shape index (κ1) is 16.0. The number of carbonyl (C=O) groups is 1. The number of benzene rings is 1. The van der Waals surface area contributed by atoms with Crippen molar-refractivity contribution < 1.29 is 17.6 Å². The van der Waals surface area contributed by atoms with Crippen LogP contribution in [0.3, 0.4) is 0 Å². The minimum atomic E-state index is -3.63. The number of fused-ring (bicyclic) bond motifs is 1. The highest BCUT2D eigenvalue weighted by atomic mass is 35.5. The van der Waals surface area contributed by atoms with Crippen LogP contribution in [-0.4, -0.2) is 26.0 Å². The van der Waals surface area contributed by atoms with Gasteiger partial charge in [0.05, 0.1) is 11.4 Å². The lowest BCUT2D eigenvalue weighted by molar-refractivity contribution is -0.116. The van der Waals surface area contributed by atoms with Crippen LogP contribution in [0.5, 0.6) is 0 Å². The molecule has 0 saturated heterocycles. The normalized spacial score (nSPS) is 14.5. The lowest BCUT2D eigenvalue weighted by Gasteiger charge is -2.18. The number of unbranched alkanes of at least 4 members (excludes halogenated alkanes) is 1. The summed E-state index contributed by atoms with van der Waals surface area (Å²) in [6.45, 7) is 0. The zero-order valence-electron chi connectivity index (χ0n) is 11.3. The first-order valence-corrected chi connectivity index (χ1v) is 8.79. The van der Waals surface area contributed by atoms with Crippen molar-refractivity contribution >= 4 is 38.9 Å². The Hall–Kier alpha value is -1.34. The third-order valence-electron chi connectivity index (χ3n) is 3.15. The van der Waals surface area contributed by atoms with Gasteiger partial charge in [-0.2, -0.15) is 0 Å². The predicted molar refractivity (Wildman–Crippen MR) is 80.7 cm³/mol. The number of sulfonamides is 1. The molecule has 1 aromatic rings. The molecule has 0 atom stereocenters. The summed E-state index contributed by atoms with van der Waals surface area (Å²) in [6.07, 6.45) is 1.73. The molecule has 2 rings (SSSR count). The van der Waals surface area contributed by atoms with Crippen LogP contribution in [0.2, 0.25) is 0 Å². The van der Waals surface area contributed by atoms with Crippen molar-refractivity contribution in [3.05, 3.63) is 23.5 Å². The number of halogens is 2. The van der Waals surface area contributed by atoms with Gasteiger partial charge in [0.25, 0.3) is 0 Å². The molecule has 1 aliphatic heterocycles. The van der Waals surface area contributed by atoms with Gasteiger partial charge < -0.3 is 5.32 Å². The van der Waals surface area contributed by atoms with E-state index in [1.807, 2.05) is 0 Å². The second kappa shape index (κ2) is 6.62. The second-order valence-electron chi connectivity index (χ2n) is 4.85. The smallest absolute Gasteiger partial charge is 0.232 e. The van der Waals surface area contributed by atoms with E-state index in [1.54, 1.807) is 0 Å². The van der Waals surface area contributed by atoms with E-state index in [-0.39, 0.29) is 17.3 Å². The molecule has 0 saturated carbocycles. The van der Waals surface area contributed by atoms with E-state index in [0.29, 0.717) is 42.8 Å². The van der Waals surface area contributed by atoms with Crippen LogP contribution in [0.1, 0.15) is 24.8 Å². The third-order valence-corrected chi connectivity index (χ3v) is 4.77. The molecule has 0 bridgehead atoms. The summed E-state index contributed by atoms with van der Waals surface area (Å²) in [5.74, 6) is -0.548. The van der Waals surface area contributed by atoms with Crippen LogP contribution in [0.4, 0.5) is 15.8 Å². The molecule has 0 radical (unpaired) electrons. The summed E-state index contributed by atoms with van der Waals surface area (Å²) >= 11 is 5.49. The first-order chi connectivity index (χ1) is 9.91. The van der Waals surface area contributed by atoms with E-state index in [1.165, 1.54) is 12.1 Å². The number of hydrogen-bond acceptors (Lipinski definition) is 3. The molecule has 0 aliphatic carbocycles. The largest absolute Gasteiger partial charge is 0.326 e. The van der Waals surface area contributed by atoms with Gasteiger partial charge in [-0.1, -0.05) is 0 Å². The lowest BCUT2D eigenvalue weighted by atomic mass is 10.0. The molecule has 0 aromatic heterocycles. The number of amides is 1. The van der Waals surface area contributed by atoms with Gasteiger partial charge in [0.1, 0.15) is 5.82 Å². The number of aryl methyl sites for hydroxylation is 1. The highest BCUT2D eigenvalue weighted by Gasteiger charge is 2.20. The fraction of sp³-hybridized carbons (Fsp3) is 0.462. The SMILES string of the molecule is O=C1CCc2cc(F)c(NS(=O)(=O)CCCCCl)cc2N1. The number of nitrogens with one attached hydrogen (secondary N) is 2. The average molecular weight is 335 g/mol. The summed E-state index contributed by atoms with van der Waals surface area (Å²) in [5, 5.41) is 2.61. The molecule has 1 aromatic carbocycles. The second-order valence-corrected chi connectivity index (χ2v) is 7.07. The molecule has 1 aliphatic rings. The number of hydrogen-bond donors (Lipinski definition) is 2. The number of alkyl halides is 1. The molecule has 1 amide bonds. The monoisotopic (exact) mass is 334 g/mol.